The Morgan fingerprint density at radius 2 is 2.00 bits per heavy atom. The Bertz CT molecular complexity index is 391. The third-order valence-corrected chi connectivity index (χ3v) is 3.62. The Hall–Kier alpha value is -1.36. The van der Waals surface area contributed by atoms with Crippen molar-refractivity contribution in [1.82, 2.24) is 14.9 Å². The largest absolute Gasteiger partial charge is 0.370 e. The molecule has 1 saturated carbocycles. The first-order chi connectivity index (χ1) is 9.20. The highest BCUT2D eigenvalue weighted by Crippen LogP contribution is 2.26. The molecule has 0 amide bonds. The van der Waals surface area contributed by atoms with Crippen molar-refractivity contribution in [3.8, 4) is 0 Å². The molecule has 1 aliphatic rings. The molecule has 0 saturated heterocycles. The lowest BCUT2D eigenvalue weighted by Gasteiger charge is -2.24. The van der Waals surface area contributed by atoms with E-state index >= 15 is 0 Å². The lowest BCUT2D eigenvalue weighted by molar-refractivity contribution is 0.257. The van der Waals surface area contributed by atoms with Gasteiger partial charge >= 0.3 is 0 Å². The normalized spacial score (nSPS) is 16.4. The molecule has 5 heteroatoms. The van der Waals surface area contributed by atoms with Crippen molar-refractivity contribution in [1.29, 1.82) is 0 Å². The van der Waals surface area contributed by atoms with Crippen LogP contribution in [0.4, 0.5) is 11.6 Å². The summed E-state index contributed by atoms with van der Waals surface area (Å²) in [6, 6.07) is 3.29. The van der Waals surface area contributed by atoms with Crippen LogP contribution >= 0.6 is 0 Å². The van der Waals surface area contributed by atoms with Crippen LogP contribution in [0.5, 0.6) is 0 Å². The van der Waals surface area contributed by atoms with Crippen LogP contribution < -0.4 is 10.6 Å². The molecule has 19 heavy (non-hydrogen) atoms. The van der Waals surface area contributed by atoms with Crippen LogP contribution in [0, 0.1) is 0 Å². The van der Waals surface area contributed by atoms with Gasteiger partial charge in [-0.1, -0.05) is 6.92 Å². The molecule has 2 rings (SSSR count). The van der Waals surface area contributed by atoms with E-state index in [4.69, 9.17) is 0 Å². The standard InChI is InChI=1S/C14H25N5/c1-4-7-15-13-8-14(18-10-17-13)16-9-11(2)19(3)12-5-6-12/h8,10-12H,4-7,9H2,1-3H3,(H2,15,16,17,18). The van der Waals surface area contributed by atoms with Crippen LogP contribution in [-0.2, 0) is 0 Å². The summed E-state index contributed by atoms with van der Waals surface area (Å²) in [4.78, 5) is 10.9. The molecule has 1 heterocycles. The van der Waals surface area contributed by atoms with Crippen LogP contribution in [0.15, 0.2) is 12.4 Å². The van der Waals surface area contributed by atoms with Crippen LogP contribution in [0.2, 0.25) is 0 Å². The van der Waals surface area contributed by atoms with Gasteiger partial charge in [0, 0.05) is 31.2 Å². The Labute approximate surface area is 115 Å². The number of hydrogen-bond donors (Lipinski definition) is 2. The molecule has 1 aromatic heterocycles. The first-order valence-electron chi connectivity index (χ1n) is 7.22. The summed E-state index contributed by atoms with van der Waals surface area (Å²) in [7, 11) is 2.21. The zero-order chi connectivity index (χ0) is 13.7. The van der Waals surface area contributed by atoms with Crippen molar-refractivity contribution >= 4 is 11.6 Å². The van der Waals surface area contributed by atoms with Crippen molar-refractivity contribution in [2.75, 3.05) is 30.8 Å². The fourth-order valence-corrected chi connectivity index (χ4v) is 2.04. The number of anilines is 2. The number of rotatable bonds is 8. The zero-order valence-corrected chi connectivity index (χ0v) is 12.2. The van der Waals surface area contributed by atoms with Gasteiger partial charge in [0.15, 0.2) is 0 Å². The molecule has 0 aromatic carbocycles. The van der Waals surface area contributed by atoms with Gasteiger partial charge in [0.05, 0.1) is 0 Å². The average molecular weight is 263 g/mol. The summed E-state index contributed by atoms with van der Waals surface area (Å²) >= 11 is 0. The predicted molar refractivity (Wildman–Crippen MR) is 79.5 cm³/mol. The van der Waals surface area contributed by atoms with E-state index in [-0.39, 0.29) is 0 Å². The Balaban J connectivity index is 1.81. The van der Waals surface area contributed by atoms with Crippen molar-refractivity contribution in [3.63, 3.8) is 0 Å². The molecular weight excluding hydrogens is 238 g/mol. The molecule has 0 aliphatic heterocycles. The van der Waals surface area contributed by atoms with Gasteiger partial charge in [0.2, 0.25) is 0 Å². The van der Waals surface area contributed by atoms with E-state index in [1.54, 1.807) is 6.33 Å². The Kier molecular flexibility index (Phi) is 4.96. The number of nitrogens with zero attached hydrogens (tertiary/aromatic N) is 3. The maximum absolute atomic E-state index is 4.26. The third-order valence-electron chi connectivity index (χ3n) is 3.62. The van der Waals surface area contributed by atoms with E-state index in [9.17, 15) is 0 Å². The average Bonchev–Trinajstić information content (AvgIpc) is 3.26. The molecule has 0 radical (unpaired) electrons. The molecule has 1 aromatic rings. The minimum atomic E-state index is 0.523. The van der Waals surface area contributed by atoms with Gasteiger partial charge in [-0.2, -0.15) is 0 Å². The number of likely N-dealkylation sites (N-methyl/N-ethyl adjacent to an activating group) is 1. The van der Waals surface area contributed by atoms with Gasteiger partial charge < -0.3 is 10.6 Å². The van der Waals surface area contributed by atoms with Crippen molar-refractivity contribution in [2.45, 2.75) is 45.2 Å². The van der Waals surface area contributed by atoms with Crippen LogP contribution in [0.1, 0.15) is 33.1 Å². The van der Waals surface area contributed by atoms with Crippen molar-refractivity contribution < 1.29 is 0 Å². The van der Waals surface area contributed by atoms with Crippen molar-refractivity contribution in [3.05, 3.63) is 12.4 Å². The quantitative estimate of drug-likeness (QED) is 0.753. The highest BCUT2D eigenvalue weighted by molar-refractivity contribution is 5.46. The van der Waals surface area contributed by atoms with E-state index in [2.05, 4.69) is 46.4 Å². The van der Waals surface area contributed by atoms with Gasteiger partial charge in [-0.25, -0.2) is 9.97 Å². The first kappa shape index (κ1) is 14.1. The first-order valence-corrected chi connectivity index (χ1v) is 7.22. The minimum Gasteiger partial charge on any atom is -0.370 e. The Morgan fingerprint density at radius 1 is 1.32 bits per heavy atom. The van der Waals surface area contributed by atoms with Gasteiger partial charge in [0.1, 0.15) is 18.0 Å². The summed E-state index contributed by atoms with van der Waals surface area (Å²) in [6.45, 7) is 6.25. The predicted octanol–water partition coefficient (Wildman–Crippen LogP) is 2.19. The second-order valence-corrected chi connectivity index (χ2v) is 5.34. The molecule has 0 spiro atoms. The fourth-order valence-electron chi connectivity index (χ4n) is 2.04. The number of nitrogens with one attached hydrogen (secondary N) is 2. The topological polar surface area (TPSA) is 53.1 Å². The molecule has 2 N–H and O–H groups in total. The zero-order valence-electron chi connectivity index (χ0n) is 12.2. The van der Waals surface area contributed by atoms with Gasteiger partial charge in [-0.3, -0.25) is 4.90 Å². The number of hydrogen-bond acceptors (Lipinski definition) is 5. The van der Waals surface area contributed by atoms with Crippen LogP contribution in [0.3, 0.4) is 0 Å². The van der Waals surface area contributed by atoms with Gasteiger partial charge in [-0.15, -0.1) is 0 Å². The summed E-state index contributed by atoms with van der Waals surface area (Å²) in [5.41, 5.74) is 0. The summed E-state index contributed by atoms with van der Waals surface area (Å²) in [5, 5.41) is 6.66. The fraction of sp³-hybridized carbons (Fsp3) is 0.714. The van der Waals surface area contributed by atoms with E-state index in [1.165, 1.54) is 12.8 Å². The SMILES string of the molecule is CCCNc1cc(NCC(C)N(C)C2CC2)ncn1. The molecule has 5 nitrogen and oxygen atoms in total. The van der Waals surface area contributed by atoms with Crippen LogP contribution in [-0.4, -0.2) is 47.1 Å². The molecule has 1 aliphatic carbocycles. The molecule has 1 unspecified atom stereocenters. The van der Waals surface area contributed by atoms with Gasteiger partial charge in [-0.05, 0) is 33.2 Å². The van der Waals surface area contributed by atoms with Crippen LogP contribution in [0.25, 0.3) is 0 Å². The third kappa shape index (κ3) is 4.35. The maximum atomic E-state index is 4.26. The van der Waals surface area contributed by atoms with E-state index in [0.29, 0.717) is 6.04 Å². The smallest absolute Gasteiger partial charge is 0.131 e. The number of aromatic nitrogens is 2. The van der Waals surface area contributed by atoms with E-state index in [1.807, 2.05) is 6.07 Å². The maximum Gasteiger partial charge on any atom is 0.131 e. The van der Waals surface area contributed by atoms with E-state index < -0.39 is 0 Å². The lowest BCUT2D eigenvalue weighted by Crippen LogP contribution is -2.36. The van der Waals surface area contributed by atoms with E-state index in [0.717, 1.165) is 37.2 Å². The Morgan fingerprint density at radius 3 is 2.63 bits per heavy atom. The molecule has 106 valence electrons. The summed E-state index contributed by atoms with van der Waals surface area (Å²) in [6.07, 6.45) is 5.39. The molecule has 1 atom stereocenters. The molecule has 0 bridgehead atoms. The second-order valence-electron chi connectivity index (χ2n) is 5.34. The lowest BCUT2D eigenvalue weighted by atomic mass is 10.3. The summed E-state index contributed by atoms with van der Waals surface area (Å²) < 4.78 is 0. The molecule has 1 fully saturated rings. The van der Waals surface area contributed by atoms with Crippen molar-refractivity contribution in [2.24, 2.45) is 0 Å². The highest BCUT2D eigenvalue weighted by Gasteiger charge is 2.28. The monoisotopic (exact) mass is 263 g/mol. The van der Waals surface area contributed by atoms with Gasteiger partial charge in [0.25, 0.3) is 0 Å². The molecular formula is C14H25N5. The minimum absolute atomic E-state index is 0.523. The highest BCUT2D eigenvalue weighted by atomic mass is 15.2. The summed E-state index contributed by atoms with van der Waals surface area (Å²) in [5.74, 6) is 1.78. The second kappa shape index (κ2) is 6.70.